The van der Waals surface area contributed by atoms with Crippen LogP contribution in [0.25, 0.3) is 0 Å². The molecule has 0 aromatic rings. The second-order valence-electron chi connectivity index (χ2n) is 17.2. The number of hydrogen-bond donors (Lipinski definition) is 0. The Balaban J connectivity index is 1.82. The number of ether oxygens (including phenoxy) is 13. The number of carbonyl (C=O) groups is 6. The van der Waals surface area contributed by atoms with Crippen LogP contribution in [0.3, 0.4) is 0 Å². The van der Waals surface area contributed by atoms with Crippen molar-refractivity contribution in [3.8, 4) is 0 Å². The largest absolute Gasteiger partial charge is 0.462 e. The van der Waals surface area contributed by atoms with E-state index < -0.39 is 35.8 Å². The smallest absolute Gasteiger partial charge is 0.333 e. The predicted molar refractivity (Wildman–Crippen MR) is 267 cm³/mol. The van der Waals surface area contributed by atoms with Crippen molar-refractivity contribution < 1.29 is 90.3 Å². The zero-order chi connectivity index (χ0) is 53.6. The summed E-state index contributed by atoms with van der Waals surface area (Å²) in [6, 6.07) is 0. The summed E-state index contributed by atoms with van der Waals surface area (Å²) in [6.45, 7) is 21.9. The van der Waals surface area contributed by atoms with E-state index in [1.807, 2.05) is 12.2 Å². The molecule has 19 heteroatoms. The lowest BCUT2D eigenvalue weighted by Gasteiger charge is -2.26. The molecular formula is C54H78O19. The first-order chi connectivity index (χ1) is 35.0. The van der Waals surface area contributed by atoms with Crippen LogP contribution in [-0.2, 0) is 90.3 Å². The Morgan fingerprint density at radius 2 is 0.685 bits per heavy atom. The van der Waals surface area contributed by atoms with Gasteiger partial charge in [-0.15, -0.1) is 0 Å². The average Bonchev–Trinajstić information content (AvgIpc) is 3.36. The summed E-state index contributed by atoms with van der Waals surface area (Å²) in [5.41, 5.74) is 1.15. The topological polar surface area (TPSA) is 222 Å². The van der Waals surface area contributed by atoms with Crippen LogP contribution in [0.1, 0.15) is 91.9 Å². The zero-order valence-corrected chi connectivity index (χ0v) is 43.3. The van der Waals surface area contributed by atoms with E-state index in [-0.39, 0.29) is 126 Å². The molecule has 0 saturated heterocycles. The van der Waals surface area contributed by atoms with Crippen molar-refractivity contribution in [1.29, 1.82) is 0 Å². The van der Waals surface area contributed by atoms with E-state index in [1.165, 1.54) is 26.0 Å². The molecular weight excluding hydrogens is 953 g/mol. The maximum absolute atomic E-state index is 12.4. The second-order valence-corrected chi connectivity index (χ2v) is 17.2. The highest BCUT2D eigenvalue weighted by molar-refractivity contribution is 5.88. The fraction of sp³-hybridized carbons (Fsp3) is 0.593. The molecule has 408 valence electrons. The summed E-state index contributed by atoms with van der Waals surface area (Å²) in [6.07, 6.45) is 17.3. The van der Waals surface area contributed by atoms with Crippen molar-refractivity contribution in [2.24, 2.45) is 11.8 Å². The Morgan fingerprint density at radius 1 is 0.384 bits per heavy atom. The monoisotopic (exact) mass is 1030 g/mol. The minimum absolute atomic E-state index is 0.00230. The number of rotatable bonds is 38. The predicted octanol–water partition coefficient (Wildman–Crippen LogP) is 7.36. The number of carbonyl (C=O) groups excluding carboxylic acids is 6. The second kappa shape index (κ2) is 38.6. The third-order valence-electron chi connectivity index (χ3n) is 10.6. The highest BCUT2D eigenvalue weighted by Crippen LogP contribution is 2.28. The van der Waals surface area contributed by atoms with E-state index >= 15 is 0 Å². The van der Waals surface area contributed by atoms with Gasteiger partial charge in [0.05, 0.1) is 51.8 Å². The molecule has 0 amide bonds. The van der Waals surface area contributed by atoms with Crippen molar-refractivity contribution in [2.45, 2.75) is 104 Å². The molecule has 73 heavy (non-hydrogen) atoms. The molecule has 2 saturated carbocycles. The Morgan fingerprint density at radius 3 is 1.01 bits per heavy atom. The van der Waals surface area contributed by atoms with Gasteiger partial charge in [-0.1, -0.05) is 38.5 Å². The minimum Gasteiger partial charge on any atom is -0.462 e. The third-order valence-corrected chi connectivity index (χ3v) is 10.6. The lowest BCUT2D eigenvalue weighted by atomic mass is 9.87. The van der Waals surface area contributed by atoms with E-state index in [0.29, 0.717) is 37.2 Å². The van der Waals surface area contributed by atoms with Gasteiger partial charge >= 0.3 is 35.8 Å². The molecule has 0 heterocycles. The van der Waals surface area contributed by atoms with Gasteiger partial charge in [0.1, 0.15) is 52.9 Å². The lowest BCUT2D eigenvalue weighted by Crippen LogP contribution is -2.23. The van der Waals surface area contributed by atoms with E-state index in [4.69, 9.17) is 61.6 Å². The van der Waals surface area contributed by atoms with Gasteiger partial charge in [-0.2, -0.15) is 0 Å². The molecule has 2 rings (SSSR count). The summed E-state index contributed by atoms with van der Waals surface area (Å²) >= 11 is 0. The van der Waals surface area contributed by atoms with Crippen LogP contribution in [0.2, 0.25) is 0 Å². The number of esters is 6. The lowest BCUT2D eigenvalue weighted by molar-refractivity contribution is -0.142. The maximum atomic E-state index is 12.4. The molecule has 19 nitrogen and oxygen atoms in total. The minimum atomic E-state index is -0.579. The number of allylic oxidation sites excluding steroid dienone is 2. The average molecular weight is 1030 g/mol. The van der Waals surface area contributed by atoms with Gasteiger partial charge in [0.15, 0.2) is 0 Å². The Bertz CT molecular complexity index is 1760. The highest BCUT2D eigenvalue weighted by Gasteiger charge is 2.22. The van der Waals surface area contributed by atoms with Crippen LogP contribution >= 0.6 is 0 Å². The molecule has 0 spiro atoms. The van der Waals surface area contributed by atoms with Crippen molar-refractivity contribution in [2.75, 3.05) is 92.5 Å². The molecule has 0 N–H and O–H groups in total. The van der Waals surface area contributed by atoms with E-state index in [1.54, 1.807) is 26.0 Å². The number of hydrogen-bond acceptors (Lipinski definition) is 19. The first-order valence-electron chi connectivity index (χ1n) is 24.8. The summed E-state index contributed by atoms with van der Waals surface area (Å²) < 4.78 is 71.5. The van der Waals surface area contributed by atoms with Crippen LogP contribution in [0.15, 0.2) is 97.0 Å². The summed E-state index contributed by atoms with van der Waals surface area (Å²) in [5, 5.41) is 0. The summed E-state index contributed by atoms with van der Waals surface area (Å²) in [4.78, 5) is 71.5. The Labute approximate surface area is 430 Å². The normalized spacial score (nSPS) is 18.0. The molecule has 0 aromatic heterocycles. The Kier molecular flexibility index (Phi) is 33.3. The van der Waals surface area contributed by atoms with Gasteiger partial charge in [-0.3, -0.25) is 0 Å². The molecule has 0 unspecified atom stereocenters. The molecule has 0 radical (unpaired) electrons. The zero-order valence-electron chi connectivity index (χ0n) is 43.3. The standard InChI is InChI=1S/C54H78O19/c1-39(2)51(57)69-35-31-63-45-19-13-43(14-20-45)17-23-47(55)65-29-27-61-25-9-11-49(67-33-37-71-53(59)41(5)6)73-50(68-34-38-72-54(60)42(7)8)12-10-26-62-28-30-66-48(56)24-18-44-15-21-46(22-16-44)64-32-36-70-52(58)40(3)4/h11-12,17-18,23-24,43-46H,1,3,5,7,9-10,13-16,19-22,25-38H2,2,4,6,8H3. The van der Waals surface area contributed by atoms with Crippen LogP contribution in [0, 0.1) is 11.8 Å². The van der Waals surface area contributed by atoms with E-state index in [2.05, 4.69) is 26.3 Å². The van der Waals surface area contributed by atoms with Crippen molar-refractivity contribution in [3.63, 3.8) is 0 Å². The molecule has 0 bridgehead atoms. The molecule has 2 aliphatic rings. The van der Waals surface area contributed by atoms with Crippen molar-refractivity contribution >= 4 is 35.8 Å². The van der Waals surface area contributed by atoms with Gasteiger partial charge in [0, 0.05) is 34.4 Å². The van der Waals surface area contributed by atoms with Crippen LogP contribution in [0.4, 0.5) is 0 Å². The molecule has 2 aliphatic carbocycles. The fourth-order valence-electron chi connectivity index (χ4n) is 6.65. The molecule has 0 aromatic carbocycles. The quantitative estimate of drug-likeness (QED) is 0.0194. The van der Waals surface area contributed by atoms with Crippen molar-refractivity contribution in [3.05, 3.63) is 97.0 Å². The van der Waals surface area contributed by atoms with Crippen LogP contribution < -0.4 is 0 Å². The molecule has 0 aliphatic heterocycles. The van der Waals surface area contributed by atoms with Gasteiger partial charge in [-0.25, -0.2) is 28.8 Å². The first kappa shape index (κ1) is 63.1. The Hall–Kier alpha value is -6.02. The SMILES string of the molecule is C=C(C)C(=O)OCCOC(=CCCOCCOC(=O)C=CC1CCC(OCCOC(=O)C(=C)C)CC1)OC(=CCCOCCOC(=O)C=CC1CCC(OCCOC(=O)C(=C)C)CC1)OCCOC(=O)C(=C)C. The van der Waals surface area contributed by atoms with E-state index in [0.717, 1.165) is 51.4 Å². The third kappa shape index (κ3) is 31.9. The molecule has 0 atom stereocenters. The van der Waals surface area contributed by atoms with Crippen molar-refractivity contribution in [1.82, 2.24) is 0 Å². The molecule has 2 fully saturated rings. The first-order valence-corrected chi connectivity index (χ1v) is 24.8. The van der Waals surface area contributed by atoms with Crippen LogP contribution in [-0.4, -0.2) is 141 Å². The maximum Gasteiger partial charge on any atom is 0.333 e. The summed E-state index contributed by atoms with van der Waals surface area (Å²) in [7, 11) is 0. The van der Waals surface area contributed by atoms with Gasteiger partial charge in [-0.05, 0) is 116 Å². The van der Waals surface area contributed by atoms with E-state index in [9.17, 15) is 28.8 Å². The van der Waals surface area contributed by atoms with Gasteiger partial charge in [0.2, 0.25) is 0 Å². The summed E-state index contributed by atoms with van der Waals surface area (Å²) in [5.74, 6) is -2.51. The van der Waals surface area contributed by atoms with Crippen LogP contribution in [0.5, 0.6) is 0 Å². The highest BCUT2D eigenvalue weighted by atomic mass is 16.8. The fourth-order valence-corrected chi connectivity index (χ4v) is 6.65. The van der Waals surface area contributed by atoms with Gasteiger partial charge in [0.25, 0.3) is 11.9 Å². The van der Waals surface area contributed by atoms with Gasteiger partial charge < -0.3 is 61.6 Å².